The molecule has 0 radical (unpaired) electrons. The van der Waals surface area contributed by atoms with Crippen LogP contribution in [0.5, 0.6) is 5.75 Å². The maximum Gasteiger partial charge on any atom is 0.354 e. The highest BCUT2D eigenvalue weighted by molar-refractivity contribution is 5.94. The van der Waals surface area contributed by atoms with Gasteiger partial charge in [-0.05, 0) is 36.1 Å². The van der Waals surface area contributed by atoms with Crippen LogP contribution in [0.25, 0.3) is 0 Å². The lowest BCUT2D eigenvalue weighted by atomic mass is 9.95. The van der Waals surface area contributed by atoms with E-state index in [1.807, 2.05) is 38.1 Å². The van der Waals surface area contributed by atoms with Crippen molar-refractivity contribution < 1.29 is 19.4 Å². The Morgan fingerprint density at radius 2 is 1.80 bits per heavy atom. The van der Waals surface area contributed by atoms with Gasteiger partial charge < -0.3 is 15.2 Å². The van der Waals surface area contributed by atoms with Crippen molar-refractivity contribution in [3.05, 3.63) is 59.4 Å². The van der Waals surface area contributed by atoms with E-state index < -0.39 is 11.9 Å². The quantitative estimate of drug-likeness (QED) is 0.808. The van der Waals surface area contributed by atoms with Gasteiger partial charge in [0.1, 0.15) is 17.1 Å². The van der Waals surface area contributed by atoms with Gasteiger partial charge in [0, 0.05) is 6.04 Å². The van der Waals surface area contributed by atoms with E-state index in [-0.39, 0.29) is 23.3 Å². The molecule has 1 heterocycles. The van der Waals surface area contributed by atoms with E-state index in [2.05, 4.69) is 10.3 Å². The first-order valence-corrected chi connectivity index (χ1v) is 8.05. The summed E-state index contributed by atoms with van der Waals surface area (Å²) >= 11 is 0. The van der Waals surface area contributed by atoms with Crippen LogP contribution in [0.15, 0.2) is 42.5 Å². The number of pyridine rings is 1. The summed E-state index contributed by atoms with van der Waals surface area (Å²) in [5, 5.41) is 12.0. The molecule has 0 fully saturated rings. The van der Waals surface area contributed by atoms with E-state index in [1.165, 1.54) is 18.2 Å². The zero-order valence-electron chi connectivity index (χ0n) is 14.5. The second-order valence-electron chi connectivity index (χ2n) is 6.05. The summed E-state index contributed by atoms with van der Waals surface area (Å²) in [6.45, 7) is 4.03. The number of nitrogens with zero attached hydrogens (tertiary/aromatic N) is 1. The molecule has 1 aromatic carbocycles. The van der Waals surface area contributed by atoms with Crippen LogP contribution in [0.3, 0.4) is 0 Å². The standard InChI is InChI=1S/C19H22N2O4/c1-12(2)16(11-13-7-4-5-10-17(13)25-3)21-18(22)14-8-6-9-15(20-14)19(23)24/h4-10,12,16H,11H2,1-3H3,(H,21,22)(H,23,24). The van der Waals surface area contributed by atoms with E-state index in [9.17, 15) is 9.59 Å². The lowest BCUT2D eigenvalue weighted by Gasteiger charge is -2.23. The number of rotatable bonds is 7. The third-order valence-electron chi connectivity index (χ3n) is 3.95. The molecule has 1 aromatic heterocycles. The normalized spacial score (nSPS) is 11.8. The summed E-state index contributed by atoms with van der Waals surface area (Å²) in [4.78, 5) is 27.4. The minimum Gasteiger partial charge on any atom is -0.496 e. The van der Waals surface area contributed by atoms with Gasteiger partial charge in [0.05, 0.1) is 7.11 Å². The van der Waals surface area contributed by atoms with Gasteiger partial charge in [-0.15, -0.1) is 0 Å². The minimum atomic E-state index is -1.16. The third-order valence-corrected chi connectivity index (χ3v) is 3.95. The third kappa shape index (κ3) is 4.79. The highest BCUT2D eigenvalue weighted by Crippen LogP contribution is 2.21. The number of benzene rings is 1. The molecule has 6 nitrogen and oxygen atoms in total. The molecule has 0 bridgehead atoms. The van der Waals surface area contributed by atoms with Crippen LogP contribution < -0.4 is 10.1 Å². The van der Waals surface area contributed by atoms with Gasteiger partial charge in [-0.2, -0.15) is 0 Å². The second kappa shape index (κ2) is 8.28. The Morgan fingerprint density at radius 3 is 2.44 bits per heavy atom. The van der Waals surface area contributed by atoms with E-state index in [1.54, 1.807) is 7.11 Å². The predicted octanol–water partition coefficient (Wildman–Crippen LogP) is 2.79. The SMILES string of the molecule is COc1ccccc1CC(NC(=O)c1cccc(C(=O)O)n1)C(C)C. The molecule has 0 spiro atoms. The molecule has 1 amide bonds. The van der Waals surface area contributed by atoms with Crippen molar-refractivity contribution in [2.75, 3.05) is 7.11 Å². The van der Waals surface area contributed by atoms with Gasteiger partial charge in [-0.25, -0.2) is 9.78 Å². The Labute approximate surface area is 146 Å². The van der Waals surface area contributed by atoms with Crippen LogP contribution >= 0.6 is 0 Å². The van der Waals surface area contributed by atoms with Crippen LogP contribution in [0.4, 0.5) is 0 Å². The van der Waals surface area contributed by atoms with Crippen LogP contribution in [-0.2, 0) is 6.42 Å². The number of carboxylic acids is 1. The fourth-order valence-electron chi connectivity index (χ4n) is 2.48. The summed E-state index contributed by atoms with van der Waals surface area (Å²) < 4.78 is 5.37. The summed E-state index contributed by atoms with van der Waals surface area (Å²) in [5.41, 5.74) is 0.931. The monoisotopic (exact) mass is 342 g/mol. The molecule has 2 N–H and O–H groups in total. The smallest absolute Gasteiger partial charge is 0.354 e. The summed E-state index contributed by atoms with van der Waals surface area (Å²) in [7, 11) is 1.61. The number of carbonyl (C=O) groups is 2. The van der Waals surface area contributed by atoms with Gasteiger partial charge in [-0.1, -0.05) is 38.1 Å². The average Bonchev–Trinajstić information content (AvgIpc) is 2.61. The van der Waals surface area contributed by atoms with Crippen molar-refractivity contribution in [3.8, 4) is 5.75 Å². The first kappa shape index (κ1) is 18.4. The Hall–Kier alpha value is -2.89. The van der Waals surface area contributed by atoms with Crippen molar-refractivity contribution in [1.82, 2.24) is 10.3 Å². The zero-order chi connectivity index (χ0) is 18.4. The van der Waals surface area contributed by atoms with Gasteiger partial charge in [0.2, 0.25) is 0 Å². The molecule has 0 aliphatic rings. The van der Waals surface area contributed by atoms with Crippen molar-refractivity contribution in [1.29, 1.82) is 0 Å². The number of ether oxygens (including phenoxy) is 1. The van der Waals surface area contributed by atoms with Gasteiger partial charge >= 0.3 is 5.97 Å². The molecule has 132 valence electrons. The second-order valence-corrected chi connectivity index (χ2v) is 6.05. The van der Waals surface area contributed by atoms with Gasteiger partial charge in [0.25, 0.3) is 5.91 Å². The number of carbonyl (C=O) groups excluding carboxylic acids is 1. The molecule has 2 rings (SSSR count). The minimum absolute atomic E-state index is 0.0885. The van der Waals surface area contributed by atoms with E-state index in [0.717, 1.165) is 11.3 Å². The summed E-state index contributed by atoms with van der Waals surface area (Å²) in [5.74, 6) is -0.606. The number of hydrogen-bond donors (Lipinski definition) is 2. The topological polar surface area (TPSA) is 88.5 Å². The van der Waals surface area contributed by atoms with Gasteiger partial charge in [-0.3, -0.25) is 4.79 Å². The maximum absolute atomic E-state index is 12.5. The summed E-state index contributed by atoms with van der Waals surface area (Å²) in [6.07, 6.45) is 0.603. The van der Waals surface area contributed by atoms with Crippen LogP contribution in [0, 0.1) is 5.92 Å². The van der Waals surface area contributed by atoms with Crippen molar-refractivity contribution in [2.45, 2.75) is 26.3 Å². The largest absolute Gasteiger partial charge is 0.496 e. The van der Waals surface area contributed by atoms with Crippen LogP contribution in [0.2, 0.25) is 0 Å². The van der Waals surface area contributed by atoms with E-state index >= 15 is 0 Å². The molecule has 0 saturated carbocycles. The fourth-order valence-corrected chi connectivity index (χ4v) is 2.48. The molecule has 1 atom stereocenters. The zero-order valence-corrected chi connectivity index (χ0v) is 14.5. The molecular weight excluding hydrogens is 320 g/mol. The molecule has 0 saturated heterocycles. The van der Waals surface area contributed by atoms with Crippen LogP contribution in [0.1, 0.15) is 40.4 Å². The first-order valence-electron chi connectivity index (χ1n) is 8.05. The number of carboxylic acid groups (broad SMARTS) is 1. The lowest BCUT2D eigenvalue weighted by molar-refractivity contribution is 0.0690. The molecule has 1 unspecified atom stereocenters. The summed E-state index contributed by atoms with van der Waals surface area (Å²) in [6, 6.07) is 11.9. The van der Waals surface area contributed by atoms with E-state index in [4.69, 9.17) is 9.84 Å². The van der Waals surface area contributed by atoms with Crippen molar-refractivity contribution in [3.63, 3.8) is 0 Å². The van der Waals surface area contributed by atoms with E-state index in [0.29, 0.717) is 6.42 Å². The first-order chi connectivity index (χ1) is 11.9. The molecular formula is C19H22N2O4. The number of nitrogens with one attached hydrogen (secondary N) is 1. The van der Waals surface area contributed by atoms with Crippen LogP contribution in [-0.4, -0.2) is 35.1 Å². The highest BCUT2D eigenvalue weighted by atomic mass is 16.5. The highest BCUT2D eigenvalue weighted by Gasteiger charge is 2.20. The molecule has 0 aliphatic carbocycles. The predicted molar refractivity (Wildman–Crippen MR) is 94.0 cm³/mol. The molecule has 0 aliphatic heterocycles. The lowest BCUT2D eigenvalue weighted by Crippen LogP contribution is -2.40. The molecule has 2 aromatic rings. The number of aromatic nitrogens is 1. The Balaban J connectivity index is 2.17. The Kier molecular flexibility index (Phi) is 6.11. The average molecular weight is 342 g/mol. The Bertz CT molecular complexity index is 759. The fraction of sp³-hybridized carbons (Fsp3) is 0.316. The number of amides is 1. The molecule has 6 heteroatoms. The number of aromatic carboxylic acids is 1. The number of methoxy groups -OCH3 is 1. The van der Waals surface area contributed by atoms with Crippen molar-refractivity contribution >= 4 is 11.9 Å². The Morgan fingerprint density at radius 1 is 1.12 bits per heavy atom. The van der Waals surface area contributed by atoms with Crippen molar-refractivity contribution in [2.24, 2.45) is 5.92 Å². The number of hydrogen-bond acceptors (Lipinski definition) is 4. The maximum atomic E-state index is 12.5. The number of para-hydroxylation sites is 1. The molecule has 25 heavy (non-hydrogen) atoms. The van der Waals surface area contributed by atoms with Gasteiger partial charge in [0.15, 0.2) is 0 Å².